The van der Waals surface area contributed by atoms with Crippen molar-refractivity contribution >= 4 is 10.9 Å². The molecule has 5 heteroatoms. The normalized spacial score (nSPS) is 10.9. The maximum absolute atomic E-state index is 13.4. The van der Waals surface area contributed by atoms with Crippen molar-refractivity contribution < 1.29 is 14.2 Å². The highest BCUT2D eigenvalue weighted by atomic mass is 16.5. The number of ether oxygens (including phenoxy) is 3. The molecule has 0 fully saturated rings. The molecular formula is C30H33NO4. The molecule has 0 saturated carbocycles. The van der Waals surface area contributed by atoms with Gasteiger partial charge in [0, 0.05) is 18.5 Å². The number of aromatic nitrogens is 1. The summed E-state index contributed by atoms with van der Waals surface area (Å²) in [5.74, 6) is 1.45. The predicted molar refractivity (Wildman–Crippen MR) is 140 cm³/mol. The van der Waals surface area contributed by atoms with E-state index in [1.165, 1.54) is 6.42 Å². The second-order valence-electron chi connectivity index (χ2n) is 8.66. The molecule has 4 aromatic rings. The van der Waals surface area contributed by atoms with Gasteiger partial charge in [-0.3, -0.25) is 4.79 Å². The highest BCUT2D eigenvalue weighted by Crippen LogP contribution is 2.35. The van der Waals surface area contributed by atoms with Gasteiger partial charge in [0.15, 0.2) is 5.75 Å². The zero-order valence-electron chi connectivity index (χ0n) is 20.5. The second-order valence-corrected chi connectivity index (χ2v) is 8.66. The molecule has 0 unspecified atom stereocenters. The van der Waals surface area contributed by atoms with Crippen molar-refractivity contribution in [3.8, 4) is 17.2 Å². The minimum absolute atomic E-state index is 0.225. The third kappa shape index (κ3) is 6.24. The Labute approximate surface area is 206 Å². The first-order chi connectivity index (χ1) is 17.2. The Morgan fingerprint density at radius 3 is 2.03 bits per heavy atom. The summed E-state index contributed by atoms with van der Waals surface area (Å²) in [6.45, 7) is 3.48. The highest BCUT2D eigenvalue weighted by Gasteiger charge is 2.19. The Bertz CT molecular complexity index is 1280. The summed E-state index contributed by atoms with van der Waals surface area (Å²) < 4.78 is 19.9. The van der Waals surface area contributed by atoms with Crippen LogP contribution in [0.3, 0.4) is 0 Å². The first-order valence-electron chi connectivity index (χ1n) is 12.3. The van der Waals surface area contributed by atoms with E-state index >= 15 is 0 Å². The Morgan fingerprint density at radius 2 is 1.37 bits per heavy atom. The molecule has 0 aliphatic heterocycles. The molecule has 0 atom stereocenters. The van der Waals surface area contributed by atoms with Crippen molar-refractivity contribution in [1.29, 1.82) is 0 Å². The Morgan fingerprint density at radius 1 is 0.714 bits per heavy atom. The van der Waals surface area contributed by atoms with Crippen molar-refractivity contribution in [2.75, 3.05) is 6.61 Å². The summed E-state index contributed by atoms with van der Waals surface area (Å²) in [4.78, 5) is 13.4. The lowest BCUT2D eigenvalue weighted by molar-refractivity contribution is 0.255. The van der Waals surface area contributed by atoms with E-state index in [2.05, 4.69) is 6.92 Å². The number of nitrogens with zero attached hydrogens (tertiary/aromatic N) is 1. The maximum Gasteiger partial charge on any atom is 0.297 e. The van der Waals surface area contributed by atoms with E-state index in [1.54, 1.807) is 11.6 Å². The summed E-state index contributed by atoms with van der Waals surface area (Å²) in [5, 5.41) is 0.831. The van der Waals surface area contributed by atoms with Crippen LogP contribution >= 0.6 is 0 Å². The van der Waals surface area contributed by atoms with Crippen LogP contribution in [0, 0.1) is 0 Å². The molecule has 0 aliphatic rings. The summed E-state index contributed by atoms with van der Waals surface area (Å²) in [6.07, 6.45) is 4.35. The molecule has 0 aliphatic carbocycles. The summed E-state index contributed by atoms with van der Waals surface area (Å²) in [6, 6.07) is 25.6. The van der Waals surface area contributed by atoms with Crippen molar-refractivity contribution in [1.82, 2.24) is 4.57 Å². The molecule has 1 aromatic heterocycles. The van der Waals surface area contributed by atoms with E-state index in [-0.39, 0.29) is 11.3 Å². The quantitative estimate of drug-likeness (QED) is 0.217. The molecule has 182 valence electrons. The van der Waals surface area contributed by atoms with E-state index in [9.17, 15) is 4.79 Å². The van der Waals surface area contributed by atoms with Gasteiger partial charge in [0.25, 0.3) is 5.56 Å². The van der Waals surface area contributed by atoms with Gasteiger partial charge < -0.3 is 18.8 Å². The Balaban J connectivity index is 1.64. The van der Waals surface area contributed by atoms with Gasteiger partial charge in [-0.25, -0.2) is 0 Å². The fraction of sp³-hybridized carbons (Fsp3) is 0.300. The topological polar surface area (TPSA) is 49.7 Å². The molecule has 4 rings (SSSR count). The molecule has 0 N–H and O–H groups in total. The predicted octanol–water partition coefficient (Wildman–Crippen LogP) is 6.66. The number of hydrogen-bond donors (Lipinski definition) is 0. The molecule has 0 saturated heterocycles. The van der Waals surface area contributed by atoms with Crippen molar-refractivity contribution in [2.45, 2.75) is 45.8 Å². The van der Waals surface area contributed by atoms with Gasteiger partial charge >= 0.3 is 0 Å². The van der Waals surface area contributed by atoms with E-state index < -0.39 is 0 Å². The average molecular weight is 472 g/mol. The molecule has 35 heavy (non-hydrogen) atoms. The van der Waals surface area contributed by atoms with Crippen LogP contribution in [-0.2, 0) is 20.3 Å². The Kier molecular flexibility index (Phi) is 8.44. The number of pyridine rings is 1. The third-order valence-electron chi connectivity index (χ3n) is 6.00. The molecule has 0 amide bonds. The van der Waals surface area contributed by atoms with Crippen molar-refractivity contribution in [2.24, 2.45) is 7.05 Å². The lowest BCUT2D eigenvalue weighted by atomic mass is 10.1. The van der Waals surface area contributed by atoms with Gasteiger partial charge in [0.05, 0.1) is 12.1 Å². The van der Waals surface area contributed by atoms with Crippen LogP contribution in [0.1, 0.15) is 43.7 Å². The van der Waals surface area contributed by atoms with Gasteiger partial charge in [0.1, 0.15) is 19.0 Å². The molecule has 0 spiro atoms. The maximum atomic E-state index is 13.4. The number of rotatable bonds is 12. The standard InChI is InChI=1S/C30H33NO4/c1-3-4-5-12-19-33-28-26-18-17-25(34-21-23-13-8-6-9-14-23)20-27(26)31(2)30(32)29(28)35-22-24-15-10-7-11-16-24/h6-11,13-18,20H,3-5,12,19,21-22H2,1-2H3. The number of aryl methyl sites for hydroxylation is 1. The molecule has 5 nitrogen and oxygen atoms in total. The molecule has 0 radical (unpaired) electrons. The number of hydrogen-bond acceptors (Lipinski definition) is 4. The second kappa shape index (κ2) is 12.1. The van der Waals surface area contributed by atoms with Crippen molar-refractivity contribution in [3.05, 3.63) is 100 Å². The minimum Gasteiger partial charge on any atom is -0.489 e. The minimum atomic E-state index is -0.225. The van der Waals surface area contributed by atoms with Crippen LogP contribution in [0.2, 0.25) is 0 Å². The first-order valence-corrected chi connectivity index (χ1v) is 12.3. The lowest BCUT2D eigenvalue weighted by Crippen LogP contribution is -2.21. The van der Waals surface area contributed by atoms with Gasteiger partial charge in [0.2, 0.25) is 5.75 Å². The van der Waals surface area contributed by atoms with Gasteiger partial charge in [-0.1, -0.05) is 86.8 Å². The monoisotopic (exact) mass is 471 g/mol. The van der Waals surface area contributed by atoms with Crippen LogP contribution in [0.5, 0.6) is 17.2 Å². The first kappa shape index (κ1) is 24.4. The molecule has 3 aromatic carbocycles. The number of unbranched alkanes of at least 4 members (excludes halogenated alkanes) is 3. The van der Waals surface area contributed by atoms with Gasteiger partial charge in [-0.15, -0.1) is 0 Å². The van der Waals surface area contributed by atoms with Crippen LogP contribution in [0.4, 0.5) is 0 Å². The van der Waals surface area contributed by atoms with Crippen LogP contribution in [-0.4, -0.2) is 11.2 Å². The van der Waals surface area contributed by atoms with E-state index in [4.69, 9.17) is 14.2 Å². The Hall–Kier alpha value is -3.73. The van der Waals surface area contributed by atoms with E-state index in [0.717, 1.165) is 41.3 Å². The number of fused-ring (bicyclic) bond motifs is 1. The number of benzene rings is 3. The summed E-state index contributed by atoms with van der Waals surface area (Å²) in [5.41, 5.74) is 2.60. The van der Waals surface area contributed by atoms with Crippen LogP contribution in [0.15, 0.2) is 83.7 Å². The van der Waals surface area contributed by atoms with E-state index in [0.29, 0.717) is 31.3 Å². The zero-order chi connectivity index (χ0) is 24.5. The molecule has 1 heterocycles. The van der Waals surface area contributed by atoms with E-state index in [1.807, 2.05) is 78.9 Å². The smallest absolute Gasteiger partial charge is 0.297 e. The largest absolute Gasteiger partial charge is 0.489 e. The van der Waals surface area contributed by atoms with Gasteiger partial charge in [-0.2, -0.15) is 0 Å². The molecule has 0 bridgehead atoms. The zero-order valence-corrected chi connectivity index (χ0v) is 20.5. The van der Waals surface area contributed by atoms with Crippen LogP contribution < -0.4 is 19.8 Å². The fourth-order valence-electron chi connectivity index (χ4n) is 4.00. The molecular weight excluding hydrogens is 438 g/mol. The van der Waals surface area contributed by atoms with Gasteiger partial charge in [-0.05, 0) is 29.7 Å². The summed E-state index contributed by atoms with van der Waals surface area (Å²) in [7, 11) is 1.76. The highest BCUT2D eigenvalue weighted by molar-refractivity contribution is 5.89. The summed E-state index contributed by atoms with van der Waals surface area (Å²) >= 11 is 0. The lowest BCUT2D eigenvalue weighted by Gasteiger charge is -2.18. The average Bonchev–Trinajstić information content (AvgIpc) is 2.90. The third-order valence-corrected chi connectivity index (χ3v) is 6.00. The van der Waals surface area contributed by atoms with Crippen molar-refractivity contribution in [3.63, 3.8) is 0 Å². The fourth-order valence-corrected chi connectivity index (χ4v) is 4.00. The van der Waals surface area contributed by atoms with Crippen LogP contribution in [0.25, 0.3) is 10.9 Å². The SMILES string of the molecule is CCCCCCOc1c(OCc2ccccc2)c(=O)n(C)c2cc(OCc3ccccc3)ccc12.